The average Bonchev–Trinajstić information content (AvgIpc) is 2.26. The van der Waals surface area contributed by atoms with Crippen LogP contribution >= 0.6 is 0 Å². The Labute approximate surface area is 89.1 Å². The molecule has 0 amide bonds. The Hall–Kier alpha value is -0.0800. The van der Waals surface area contributed by atoms with Gasteiger partial charge in [-0.1, -0.05) is 27.2 Å². The van der Waals surface area contributed by atoms with Crippen molar-refractivity contribution in [1.82, 2.24) is 10.2 Å². The van der Waals surface area contributed by atoms with E-state index < -0.39 is 0 Å². The molecule has 2 atom stereocenters. The van der Waals surface area contributed by atoms with Crippen molar-refractivity contribution >= 4 is 0 Å². The number of nitrogens with one attached hydrogen (secondary N) is 1. The lowest BCUT2D eigenvalue weighted by Gasteiger charge is -2.33. The van der Waals surface area contributed by atoms with Crippen molar-refractivity contribution in [3.05, 3.63) is 0 Å². The van der Waals surface area contributed by atoms with Crippen LogP contribution in [0.25, 0.3) is 0 Å². The number of likely N-dealkylation sites (N-methyl/N-ethyl adjacent to an activating group) is 1. The summed E-state index contributed by atoms with van der Waals surface area (Å²) in [6.07, 6.45) is 4.02. The van der Waals surface area contributed by atoms with E-state index in [2.05, 4.69) is 31.0 Å². The second kappa shape index (κ2) is 6.41. The van der Waals surface area contributed by atoms with Gasteiger partial charge in [0.05, 0.1) is 0 Å². The van der Waals surface area contributed by atoms with Gasteiger partial charge in [-0.15, -0.1) is 0 Å². The van der Waals surface area contributed by atoms with Crippen LogP contribution in [-0.4, -0.2) is 37.1 Å². The molecule has 0 aliphatic carbocycles. The van der Waals surface area contributed by atoms with Gasteiger partial charge in [0.25, 0.3) is 0 Å². The van der Waals surface area contributed by atoms with Crippen LogP contribution in [0.4, 0.5) is 0 Å². The third-order valence-corrected chi connectivity index (χ3v) is 3.40. The zero-order valence-corrected chi connectivity index (χ0v) is 10.1. The summed E-state index contributed by atoms with van der Waals surface area (Å²) < 4.78 is 0. The summed E-state index contributed by atoms with van der Waals surface area (Å²) in [5, 5.41) is 3.69. The fourth-order valence-corrected chi connectivity index (χ4v) is 2.02. The van der Waals surface area contributed by atoms with E-state index in [0.29, 0.717) is 0 Å². The third kappa shape index (κ3) is 3.97. The van der Waals surface area contributed by atoms with Gasteiger partial charge in [0.15, 0.2) is 0 Å². The Morgan fingerprint density at radius 2 is 2.21 bits per heavy atom. The average molecular weight is 198 g/mol. The smallest absolute Gasteiger partial charge is 0.0195 e. The zero-order chi connectivity index (χ0) is 10.4. The van der Waals surface area contributed by atoms with Crippen molar-refractivity contribution in [2.24, 2.45) is 5.92 Å². The predicted molar refractivity (Wildman–Crippen MR) is 62.6 cm³/mol. The van der Waals surface area contributed by atoms with E-state index in [1.54, 1.807) is 0 Å². The van der Waals surface area contributed by atoms with E-state index >= 15 is 0 Å². The molecule has 84 valence electrons. The lowest BCUT2D eigenvalue weighted by atomic mass is 10.0. The van der Waals surface area contributed by atoms with E-state index in [9.17, 15) is 0 Å². The van der Waals surface area contributed by atoms with Crippen LogP contribution in [0.15, 0.2) is 0 Å². The molecule has 0 aromatic rings. The topological polar surface area (TPSA) is 15.3 Å². The van der Waals surface area contributed by atoms with Crippen LogP contribution in [-0.2, 0) is 0 Å². The fraction of sp³-hybridized carbons (Fsp3) is 1.00. The van der Waals surface area contributed by atoms with Crippen LogP contribution in [0.1, 0.15) is 40.0 Å². The minimum absolute atomic E-state index is 0.748. The number of hydrogen-bond donors (Lipinski definition) is 1. The number of hydrogen-bond acceptors (Lipinski definition) is 2. The van der Waals surface area contributed by atoms with Crippen LogP contribution in [0.3, 0.4) is 0 Å². The van der Waals surface area contributed by atoms with Crippen molar-refractivity contribution < 1.29 is 0 Å². The molecule has 1 heterocycles. The molecule has 0 saturated carbocycles. The molecule has 0 aromatic heterocycles. The summed E-state index contributed by atoms with van der Waals surface area (Å²) in [6.45, 7) is 11.8. The zero-order valence-electron chi connectivity index (χ0n) is 10.1. The van der Waals surface area contributed by atoms with Crippen molar-refractivity contribution in [3.8, 4) is 0 Å². The lowest BCUT2D eigenvalue weighted by Crippen LogP contribution is -2.46. The molecule has 14 heavy (non-hydrogen) atoms. The summed E-state index contributed by atoms with van der Waals surface area (Å²) in [7, 11) is 0. The molecule has 1 aliphatic rings. The van der Waals surface area contributed by atoms with Gasteiger partial charge in [0, 0.05) is 12.6 Å². The minimum atomic E-state index is 0.748. The van der Waals surface area contributed by atoms with Crippen LogP contribution in [0, 0.1) is 5.92 Å². The summed E-state index contributed by atoms with van der Waals surface area (Å²) in [6, 6.07) is 0.748. The molecule has 0 radical (unpaired) electrons. The SMILES string of the molecule is CCC(C)CNC1CCCN(CC)C1. The standard InChI is InChI=1S/C12H26N2/c1-4-11(3)9-13-12-7-6-8-14(5-2)10-12/h11-13H,4-10H2,1-3H3. The molecule has 1 saturated heterocycles. The summed E-state index contributed by atoms with van der Waals surface area (Å²) in [5.41, 5.74) is 0. The van der Waals surface area contributed by atoms with Gasteiger partial charge in [-0.2, -0.15) is 0 Å². The van der Waals surface area contributed by atoms with Crippen molar-refractivity contribution in [3.63, 3.8) is 0 Å². The molecule has 2 nitrogen and oxygen atoms in total. The van der Waals surface area contributed by atoms with E-state index in [0.717, 1.165) is 12.0 Å². The predicted octanol–water partition coefficient (Wildman–Crippen LogP) is 2.11. The summed E-state index contributed by atoms with van der Waals surface area (Å²) in [5.74, 6) is 0.826. The number of rotatable bonds is 5. The maximum absolute atomic E-state index is 3.69. The number of nitrogens with zero attached hydrogens (tertiary/aromatic N) is 1. The number of piperidine rings is 1. The van der Waals surface area contributed by atoms with E-state index in [-0.39, 0.29) is 0 Å². The van der Waals surface area contributed by atoms with E-state index in [4.69, 9.17) is 0 Å². The molecular weight excluding hydrogens is 172 g/mol. The molecule has 0 aromatic carbocycles. The molecule has 0 spiro atoms. The molecular formula is C12H26N2. The molecule has 1 rings (SSSR count). The first kappa shape index (κ1) is 12.0. The Balaban J connectivity index is 2.17. The van der Waals surface area contributed by atoms with Gasteiger partial charge in [-0.05, 0) is 38.4 Å². The normalized spacial score (nSPS) is 26.4. The van der Waals surface area contributed by atoms with Crippen molar-refractivity contribution in [1.29, 1.82) is 0 Å². The van der Waals surface area contributed by atoms with E-state index in [1.165, 1.54) is 45.4 Å². The first-order valence-electron chi connectivity index (χ1n) is 6.22. The third-order valence-electron chi connectivity index (χ3n) is 3.40. The van der Waals surface area contributed by atoms with Gasteiger partial charge < -0.3 is 10.2 Å². The Bertz CT molecular complexity index is 147. The highest BCUT2D eigenvalue weighted by atomic mass is 15.2. The molecule has 2 unspecified atom stereocenters. The van der Waals surface area contributed by atoms with Gasteiger partial charge in [-0.25, -0.2) is 0 Å². The molecule has 2 heteroatoms. The summed E-state index contributed by atoms with van der Waals surface area (Å²) in [4.78, 5) is 2.55. The molecule has 0 bridgehead atoms. The van der Waals surface area contributed by atoms with Gasteiger partial charge in [-0.3, -0.25) is 0 Å². The Morgan fingerprint density at radius 3 is 2.86 bits per heavy atom. The quantitative estimate of drug-likeness (QED) is 0.728. The van der Waals surface area contributed by atoms with Crippen molar-refractivity contribution in [2.45, 2.75) is 46.1 Å². The Morgan fingerprint density at radius 1 is 1.43 bits per heavy atom. The second-order valence-electron chi connectivity index (χ2n) is 4.65. The van der Waals surface area contributed by atoms with Crippen LogP contribution < -0.4 is 5.32 Å². The van der Waals surface area contributed by atoms with Gasteiger partial charge in [0.2, 0.25) is 0 Å². The second-order valence-corrected chi connectivity index (χ2v) is 4.65. The van der Waals surface area contributed by atoms with Crippen molar-refractivity contribution in [2.75, 3.05) is 26.2 Å². The highest BCUT2D eigenvalue weighted by molar-refractivity contribution is 4.77. The van der Waals surface area contributed by atoms with Gasteiger partial charge >= 0.3 is 0 Å². The largest absolute Gasteiger partial charge is 0.312 e. The fourth-order valence-electron chi connectivity index (χ4n) is 2.02. The summed E-state index contributed by atoms with van der Waals surface area (Å²) >= 11 is 0. The first-order valence-corrected chi connectivity index (χ1v) is 6.22. The monoisotopic (exact) mass is 198 g/mol. The minimum Gasteiger partial charge on any atom is -0.312 e. The van der Waals surface area contributed by atoms with Crippen LogP contribution in [0.2, 0.25) is 0 Å². The Kier molecular flexibility index (Phi) is 5.49. The molecule has 1 N–H and O–H groups in total. The molecule has 1 fully saturated rings. The molecule has 1 aliphatic heterocycles. The highest BCUT2D eigenvalue weighted by Gasteiger charge is 2.18. The van der Waals surface area contributed by atoms with Gasteiger partial charge in [0.1, 0.15) is 0 Å². The highest BCUT2D eigenvalue weighted by Crippen LogP contribution is 2.10. The maximum Gasteiger partial charge on any atom is 0.0195 e. The van der Waals surface area contributed by atoms with E-state index in [1.807, 2.05) is 0 Å². The van der Waals surface area contributed by atoms with Crippen LogP contribution in [0.5, 0.6) is 0 Å². The maximum atomic E-state index is 3.69. The number of likely N-dealkylation sites (tertiary alicyclic amines) is 1. The lowest BCUT2D eigenvalue weighted by molar-refractivity contribution is 0.195. The first-order chi connectivity index (χ1) is 6.76.